The minimum absolute atomic E-state index is 0.605. The molecule has 0 aliphatic rings. The molecular weight excluding hydrogens is 605 g/mol. The first-order valence-corrected chi connectivity index (χ1v) is 16.9. The number of fused-ring (bicyclic) bond motifs is 8. The Bertz CT molecular complexity index is 3060. The molecule has 0 N–H and O–H groups in total. The third-order valence-corrected chi connectivity index (χ3v) is 10.9. The van der Waals surface area contributed by atoms with Crippen molar-refractivity contribution in [3.63, 3.8) is 0 Å². The molecule has 0 saturated carbocycles. The summed E-state index contributed by atoms with van der Waals surface area (Å²) < 4.78 is 4.92. The van der Waals surface area contributed by atoms with Crippen LogP contribution in [-0.4, -0.2) is 19.5 Å². The number of thiophene rings is 1. The van der Waals surface area contributed by atoms with Crippen LogP contribution in [0, 0.1) is 0 Å². The maximum atomic E-state index is 5.34. The second-order valence-electron chi connectivity index (χ2n) is 12.4. The van der Waals surface area contributed by atoms with Crippen molar-refractivity contribution in [1.29, 1.82) is 0 Å². The normalized spacial score (nSPS) is 12.2. The zero-order chi connectivity index (χ0) is 31.3. The second kappa shape index (κ2) is 9.67. The summed E-state index contributed by atoms with van der Waals surface area (Å²) in [6.07, 6.45) is 0. The fourth-order valence-corrected chi connectivity index (χ4v) is 8.94. The Balaban J connectivity index is 1.34. The fraction of sp³-hybridized carbons (Fsp3) is 0. The Morgan fingerprint density at radius 2 is 1.04 bits per heavy atom. The summed E-state index contributed by atoms with van der Waals surface area (Å²) >= 11 is 1.87. The van der Waals surface area contributed by atoms with Gasteiger partial charge in [-0.15, -0.1) is 11.3 Å². The molecule has 0 amide bonds. The van der Waals surface area contributed by atoms with Gasteiger partial charge in [-0.05, 0) is 45.1 Å². The van der Waals surface area contributed by atoms with Gasteiger partial charge in [0.05, 0.1) is 11.0 Å². The summed E-state index contributed by atoms with van der Waals surface area (Å²) in [4.78, 5) is 15.7. The molecule has 3 heterocycles. The van der Waals surface area contributed by atoms with Crippen LogP contribution in [0.4, 0.5) is 0 Å². The SMILES string of the molecule is c1ccc(-c2nc(-c3cccc4ccccc34)nc(-n3c4ccccc4c4ccc5c6cccc7sc8cccc(c8c76)c5c43)n2)cc1. The van der Waals surface area contributed by atoms with Crippen LogP contribution < -0.4 is 0 Å². The molecule has 48 heavy (non-hydrogen) atoms. The number of aromatic nitrogens is 4. The molecule has 0 aliphatic heterocycles. The molecule has 0 radical (unpaired) electrons. The number of rotatable bonds is 3. The van der Waals surface area contributed by atoms with E-state index in [1.807, 2.05) is 29.5 Å². The molecule has 11 rings (SSSR count). The molecule has 8 aromatic carbocycles. The predicted molar refractivity (Wildman–Crippen MR) is 202 cm³/mol. The van der Waals surface area contributed by atoms with Gasteiger partial charge in [-0.2, -0.15) is 9.97 Å². The molecule has 0 spiro atoms. The number of hydrogen-bond donors (Lipinski definition) is 0. The Kier molecular flexibility index (Phi) is 5.23. The zero-order valence-corrected chi connectivity index (χ0v) is 26.4. The fourth-order valence-electron chi connectivity index (χ4n) is 7.78. The van der Waals surface area contributed by atoms with Gasteiger partial charge >= 0.3 is 0 Å². The van der Waals surface area contributed by atoms with E-state index < -0.39 is 0 Å². The molecule has 0 aliphatic carbocycles. The lowest BCUT2D eigenvalue weighted by Crippen LogP contribution is -2.07. The smallest absolute Gasteiger partial charge is 0.238 e. The van der Waals surface area contributed by atoms with E-state index in [1.54, 1.807) is 0 Å². The molecule has 0 unspecified atom stereocenters. The third-order valence-electron chi connectivity index (χ3n) is 9.80. The quantitative estimate of drug-likeness (QED) is 0.183. The van der Waals surface area contributed by atoms with E-state index in [4.69, 9.17) is 15.0 Å². The van der Waals surface area contributed by atoms with Crippen molar-refractivity contribution in [2.24, 2.45) is 0 Å². The summed E-state index contributed by atoms with van der Waals surface area (Å²) in [5, 5.41) is 12.3. The first-order valence-electron chi connectivity index (χ1n) is 16.1. The lowest BCUT2D eigenvalue weighted by molar-refractivity contribution is 0.956. The van der Waals surface area contributed by atoms with E-state index in [1.165, 1.54) is 52.5 Å². The first kappa shape index (κ1) is 26.0. The standard InChI is InChI=1S/C43H24N4S/c1-2-12-26(13-3-1)41-44-42(32-18-8-14-25-11-4-5-15-27(25)32)46-43(45-41)47-34-20-7-6-16-28(34)31-24-23-30-29-17-9-21-35-38(29)39-33(37(30)40(31)47)19-10-22-36(39)48-35/h1-24H. The summed E-state index contributed by atoms with van der Waals surface area (Å²) in [5.41, 5.74) is 4.11. The summed E-state index contributed by atoms with van der Waals surface area (Å²) in [5.74, 6) is 1.90. The third kappa shape index (κ3) is 3.51. The Morgan fingerprint density at radius 1 is 0.417 bits per heavy atom. The molecule has 222 valence electrons. The number of nitrogens with zero attached hydrogens (tertiary/aromatic N) is 4. The summed E-state index contributed by atoms with van der Waals surface area (Å²) in [6, 6.07) is 51.7. The van der Waals surface area contributed by atoms with E-state index in [2.05, 4.69) is 132 Å². The first-order chi connectivity index (χ1) is 23.8. The number of benzene rings is 8. The highest BCUT2D eigenvalue weighted by atomic mass is 32.1. The van der Waals surface area contributed by atoms with Crippen molar-refractivity contribution in [3.8, 4) is 28.7 Å². The molecule has 0 bridgehead atoms. The van der Waals surface area contributed by atoms with Crippen molar-refractivity contribution in [2.75, 3.05) is 0 Å². The maximum Gasteiger partial charge on any atom is 0.238 e. The van der Waals surface area contributed by atoms with E-state index >= 15 is 0 Å². The maximum absolute atomic E-state index is 5.34. The molecule has 3 aromatic heterocycles. The Hall–Kier alpha value is -6.17. The zero-order valence-electron chi connectivity index (χ0n) is 25.6. The summed E-state index contributed by atoms with van der Waals surface area (Å²) in [7, 11) is 0. The van der Waals surface area contributed by atoms with Crippen molar-refractivity contribution in [2.45, 2.75) is 0 Å². The van der Waals surface area contributed by atoms with Crippen molar-refractivity contribution < 1.29 is 0 Å². The van der Waals surface area contributed by atoms with Gasteiger partial charge in [-0.3, -0.25) is 4.57 Å². The van der Waals surface area contributed by atoms with Gasteiger partial charge in [0.1, 0.15) is 0 Å². The van der Waals surface area contributed by atoms with Crippen molar-refractivity contribution in [3.05, 3.63) is 146 Å². The Morgan fingerprint density at radius 3 is 1.92 bits per heavy atom. The van der Waals surface area contributed by atoms with Crippen LogP contribution in [0.15, 0.2) is 146 Å². The highest BCUT2D eigenvalue weighted by molar-refractivity contribution is 7.26. The largest absolute Gasteiger partial charge is 0.277 e. The highest BCUT2D eigenvalue weighted by Gasteiger charge is 2.23. The molecule has 11 aromatic rings. The highest BCUT2D eigenvalue weighted by Crippen LogP contribution is 2.48. The molecule has 0 fully saturated rings. The number of hydrogen-bond acceptors (Lipinski definition) is 4. The van der Waals surface area contributed by atoms with Gasteiger partial charge in [-0.25, -0.2) is 4.98 Å². The van der Waals surface area contributed by atoms with Gasteiger partial charge in [-0.1, -0.05) is 127 Å². The monoisotopic (exact) mass is 628 g/mol. The van der Waals surface area contributed by atoms with Crippen LogP contribution in [0.2, 0.25) is 0 Å². The minimum atomic E-state index is 0.605. The minimum Gasteiger partial charge on any atom is -0.277 e. The van der Waals surface area contributed by atoms with E-state index in [0.717, 1.165) is 32.9 Å². The van der Waals surface area contributed by atoms with E-state index in [-0.39, 0.29) is 0 Å². The number of para-hydroxylation sites is 1. The van der Waals surface area contributed by atoms with Gasteiger partial charge < -0.3 is 0 Å². The average molecular weight is 629 g/mol. The van der Waals surface area contributed by atoms with Crippen LogP contribution in [0.25, 0.3) is 103 Å². The van der Waals surface area contributed by atoms with Crippen molar-refractivity contribution >= 4 is 85.6 Å². The van der Waals surface area contributed by atoms with E-state index in [9.17, 15) is 0 Å². The molecule has 5 heteroatoms. The van der Waals surface area contributed by atoms with Crippen LogP contribution in [0.5, 0.6) is 0 Å². The van der Waals surface area contributed by atoms with Gasteiger partial charge in [0.25, 0.3) is 0 Å². The van der Waals surface area contributed by atoms with Gasteiger partial charge in [0.2, 0.25) is 5.95 Å². The van der Waals surface area contributed by atoms with Crippen LogP contribution in [0.3, 0.4) is 0 Å². The van der Waals surface area contributed by atoms with Crippen molar-refractivity contribution in [1.82, 2.24) is 19.5 Å². The second-order valence-corrected chi connectivity index (χ2v) is 13.5. The lowest BCUT2D eigenvalue weighted by atomic mass is 9.93. The van der Waals surface area contributed by atoms with E-state index in [0.29, 0.717) is 17.6 Å². The predicted octanol–water partition coefficient (Wildman–Crippen LogP) is 11.6. The molecule has 4 nitrogen and oxygen atoms in total. The average Bonchev–Trinajstić information content (AvgIpc) is 3.71. The molecular formula is C43H24N4S. The van der Waals surface area contributed by atoms with Gasteiger partial charge in [0, 0.05) is 47.5 Å². The lowest BCUT2D eigenvalue weighted by Gasteiger charge is -2.14. The van der Waals surface area contributed by atoms with Crippen LogP contribution in [-0.2, 0) is 0 Å². The van der Waals surface area contributed by atoms with Gasteiger partial charge in [0.15, 0.2) is 11.6 Å². The summed E-state index contributed by atoms with van der Waals surface area (Å²) in [6.45, 7) is 0. The molecule has 0 atom stereocenters. The van der Waals surface area contributed by atoms with Crippen LogP contribution in [0.1, 0.15) is 0 Å². The topological polar surface area (TPSA) is 43.6 Å². The Labute approximate surface area is 278 Å². The van der Waals surface area contributed by atoms with Crippen LogP contribution >= 0.6 is 11.3 Å². The molecule has 0 saturated heterocycles.